The zero-order chi connectivity index (χ0) is 7.61. The monoisotopic (exact) mass is 152 g/mol. The van der Waals surface area contributed by atoms with Crippen molar-refractivity contribution in [2.24, 2.45) is 0 Å². The Morgan fingerprint density at radius 3 is 2.40 bits per heavy atom. The minimum atomic E-state index is -4.22. The average molecular weight is 152 g/mol. The van der Waals surface area contributed by atoms with Crippen LogP contribution in [0.15, 0.2) is 11.8 Å². The lowest BCUT2D eigenvalue weighted by Gasteiger charge is -2.18. The van der Waals surface area contributed by atoms with Crippen molar-refractivity contribution in [1.29, 1.82) is 0 Å². The highest BCUT2D eigenvalue weighted by molar-refractivity contribution is 5.09. The van der Waals surface area contributed by atoms with Crippen LogP contribution in [0, 0.1) is 0 Å². The summed E-state index contributed by atoms with van der Waals surface area (Å²) in [5, 5.41) is 4.88. The van der Waals surface area contributed by atoms with Crippen LogP contribution in [0.1, 0.15) is 0 Å². The van der Waals surface area contributed by atoms with Crippen LogP contribution in [0.25, 0.3) is 0 Å². The van der Waals surface area contributed by atoms with Crippen LogP contribution in [-0.4, -0.2) is 19.4 Å². The van der Waals surface area contributed by atoms with Crippen LogP contribution in [0.2, 0.25) is 0 Å². The van der Waals surface area contributed by atoms with E-state index in [-0.39, 0.29) is 13.2 Å². The fraction of sp³-hybridized carbons (Fsp3) is 0.600. The van der Waals surface area contributed by atoms with Crippen LogP contribution < -0.4 is 10.6 Å². The number of alkyl halides is 3. The van der Waals surface area contributed by atoms with Crippen LogP contribution in [-0.2, 0) is 0 Å². The molecule has 0 aromatic heterocycles. The third-order valence-corrected chi connectivity index (χ3v) is 1.16. The lowest BCUT2D eigenvalue weighted by Crippen LogP contribution is -2.38. The van der Waals surface area contributed by atoms with Crippen LogP contribution in [0.4, 0.5) is 13.2 Å². The molecule has 0 aromatic rings. The number of nitrogens with one attached hydrogen (secondary N) is 2. The largest absolute Gasteiger partial charge is 0.430 e. The molecule has 2 N–H and O–H groups in total. The van der Waals surface area contributed by atoms with Gasteiger partial charge in [0.15, 0.2) is 0 Å². The van der Waals surface area contributed by atoms with E-state index in [0.717, 1.165) is 6.08 Å². The number of rotatable bonds is 0. The summed E-state index contributed by atoms with van der Waals surface area (Å²) in [6.45, 7) is 0.465. The van der Waals surface area contributed by atoms with E-state index in [4.69, 9.17) is 0 Å². The maximum absolute atomic E-state index is 11.8. The van der Waals surface area contributed by atoms with Gasteiger partial charge in [0.2, 0.25) is 0 Å². The normalized spacial score (nSPS) is 19.7. The Labute approximate surface area is 56.1 Å². The molecular weight excluding hydrogens is 145 g/mol. The van der Waals surface area contributed by atoms with E-state index >= 15 is 0 Å². The molecule has 0 amide bonds. The Kier molecular flexibility index (Phi) is 1.85. The molecule has 0 saturated heterocycles. The Balaban J connectivity index is 2.62. The molecule has 0 fully saturated rings. The van der Waals surface area contributed by atoms with Crippen LogP contribution in [0.3, 0.4) is 0 Å². The quantitative estimate of drug-likeness (QED) is 0.530. The van der Waals surface area contributed by atoms with E-state index in [1.54, 1.807) is 0 Å². The van der Waals surface area contributed by atoms with E-state index < -0.39 is 11.9 Å². The van der Waals surface area contributed by atoms with Crippen molar-refractivity contribution in [2.75, 3.05) is 13.2 Å². The fourth-order valence-electron chi connectivity index (χ4n) is 0.692. The van der Waals surface area contributed by atoms with Gasteiger partial charge in [0.25, 0.3) is 0 Å². The van der Waals surface area contributed by atoms with Gasteiger partial charge in [-0.25, -0.2) is 0 Å². The third-order valence-electron chi connectivity index (χ3n) is 1.16. The van der Waals surface area contributed by atoms with E-state index in [9.17, 15) is 13.2 Å². The second-order valence-electron chi connectivity index (χ2n) is 1.92. The van der Waals surface area contributed by atoms with Crippen LogP contribution >= 0.6 is 0 Å². The molecule has 1 heterocycles. The predicted octanol–water partition coefficient (Wildman–Crippen LogP) is 0.583. The van der Waals surface area contributed by atoms with Crippen molar-refractivity contribution >= 4 is 0 Å². The molecule has 0 aromatic carbocycles. The number of halogens is 3. The molecule has 5 heteroatoms. The summed E-state index contributed by atoms with van der Waals surface area (Å²) in [6.07, 6.45) is -3.13. The summed E-state index contributed by atoms with van der Waals surface area (Å²) in [5.41, 5.74) is -0.647. The highest BCUT2D eigenvalue weighted by Crippen LogP contribution is 2.23. The average Bonchev–Trinajstić information content (AvgIpc) is 1.88. The first kappa shape index (κ1) is 7.40. The summed E-state index contributed by atoms with van der Waals surface area (Å²) in [6, 6.07) is 0. The van der Waals surface area contributed by atoms with Crippen molar-refractivity contribution in [3.05, 3.63) is 11.8 Å². The second kappa shape index (κ2) is 2.49. The van der Waals surface area contributed by atoms with E-state index in [2.05, 4.69) is 10.6 Å². The van der Waals surface area contributed by atoms with Gasteiger partial charge in [0.05, 0.1) is 6.67 Å². The molecule has 0 aliphatic carbocycles. The number of hydrogen-bond donors (Lipinski definition) is 2. The molecule has 0 radical (unpaired) electrons. The molecule has 0 atom stereocenters. The van der Waals surface area contributed by atoms with Gasteiger partial charge < -0.3 is 5.32 Å². The molecule has 58 valence electrons. The molecule has 1 aliphatic rings. The molecule has 1 aliphatic heterocycles. The van der Waals surface area contributed by atoms with Gasteiger partial charge in [-0.05, 0) is 6.08 Å². The van der Waals surface area contributed by atoms with Crippen molar-refractivity contribution in [2.45, 2.75) is 6.18 Å². The van der Waals surface area contributed by atoms with Gasteiger partial charge in [-0.1, -0.05) is 0 Å². The van der Waals surface area contributed by atoms with Gasteiger partial charge in [0, 0.05) is 6.54 Å². The molecule has 1 rings (SSSR count). The van der Waals surface area contributed by atoms with Gasteiger partial charge in [-0.15, -0.1) is 0 Å². The molecule has 10 heavy (non-hydrogen) atoms. The fourth-order valence-corrected chi connectivity index (χ4v) is 0.692. The Hall–Kier alpha value is -0.710. The highest BCUT2D eigenvalue weighted by atomic mass is 19.4. The molecule has 0 unspecified atom stereocenters. The molecule has 0 spiro atoms. The SMILES string of the molecule is FC(F)(F)C1=CCNCN1. The number of allylic oxidation sites excluding steroid dienone is 1. The van der Waals surface area contributed by atoms with E-state index in [1.807, 2.05) is 0 Å². The summed E-state index contributed by atoms with van der Waals surface area (Å²) in [4.78, 5) is 0. The maximum atomic E-state index is 11.8. The molecule has 0 saturated carbocycles. The van der Waals surface area contributed by atoms with Gasteiger partial charge in [0.1, 0.15) is 5.70 Å². The van der Waals surface area contributed by atoms with Crippen LogP contribution in [0.5, 0.6) is 0 Å². The zero-order valence-electron chi connectivity index (χ0n) is 5.13. The summed E-state index contributed by atoms with van der Waals surface area (Å²) < 4.78 is 35.3. The zero-order valence-corrected chi connectivity index (χ0v) is 5.13. The summed E-state index contributed by atoms with van der Waals surface area (Å²) >= 11 is 0. The lowest BCUT2D eigenvalue weighted by molar-refractivity contribution is -0.0977. The van der Waals surface area contributed by atoms with Crippen molar-refractivity contribution in [3.63, 3.8) is 0 Å². The van der Waals surface area contributed by atoms with Gasteiger partial charge in [-0.2, -0.15) is 13.2 Å². The maximum Gasteiger partial charge on any atom is 0.430 e. The summed E-state index contributed by atoms with van der Waals surface area (Å²) in [5.74, 6) is 0. The van der Waals surface area contributed by atoms with Gasteiger partial charge in [-0.3, -0.25) is 5.32 Å². The molecule has 2 nitrogen and oxygen atoms in total. The minimum Gasteiger partial charge on any atom is -0.369 e. The number of hydrogen-bond acceptors (Lipinski definition) is 2. The first-order valence-electron chi connectivity index (χ1n) is 2.82. The first-order valence-corrected chi connectivity index (χ1v) is 2.82. The minimum absolute atomic E-state index is 0.186. The smallest absolute Gasteiger partial charge is 0.369 e. The Bertz CT molecular complexity index is 149. The standard InChI is InChI=1S/C5H7F3N2/c6-5(7,8)4-1-2-9-3-10-4/h1,9-10H,2-3H2. The van der Waals surface area contributed by atoms with Gasteiger partial charge >= 0.3 is 6.18 Å². The van der Waals surface area contributed by atoms with Crippen molar-refractivity contribution in [1.82, 2.24) is 10.6 Å². The predicted molar refractivity (Wildman–Crippen MR) is 30.1 cm³/mol. The topological polar surface area (TPSA) is 24.1 Å². The molecule has 0 bridgehead atoms. The highest BCUT2D eigenvalue weighted by Gasteiger charge is 2.33. The first-order chi connectivity index (χ1) is 4.61. The van der Waals surface area contributed by atoms with Crippen molar-refractivity contribution < 1.29 is 13.2 Å². The van der Waals surface area contributed by atoms with E-state index in [1.165, 1.54) is 0 Å². The van der Waals surface area contributed by atoms with Crippen molar-refractivity contribution in [3.8, 4) is 0 Å². The Morgan fingerprint density at radius 1 is 1.40 bits per heavy atom. The Morgan fingerprint density at radius 2 is 2.10 bits per heavy atom. The lowest BCUT2D eigenvalue weighted by atomic mass is 10.3. The molecular formula is C5H7F3N2. The second-order valence-corrected chi connectivity index (χ2v) is 1.92. The summed E-state index contributed by atoms with van der Waals surface area (Å²) in [7, 11) is 0. The van der Waals surface area contributed by atoms with E-state index in [0.29, 0.717) is 0 Å². The third kappa shape index (κ3) is 1.63.